The van der Waals surface area contributed by atoms with E-state index >= 15 is 0 Å². The molecule has 146 valence electrons. The first kappa shape index (κ1) is 19.9. The molecule has 0 amide bonds. The molecule has 0 fully saturated rings. The molecule has 2 heteroatoms. The molecule has 0 unspecified atom stereocenters. The van der Waals surface area contributed by atoms with Crippen molar-refractivity contribution in [3.63, 3.8) is 0 Å². The van der Waals surface area contributed by atoms with Gasteiger partial charge in [-0.25, -0.2) is 0 Å². The molecule has 3 aromatic rings. The van der Waals surface area contributed by atoms with Gasteiger partial charge in [-0.15, -0.1) is 0 Å². The maximum atomic E-state index is 9.82. The fourth-order valence-corrected chi connectivity index (χ4v) is 4.30. The topological polar surface area (TPSA) is 25.2 Å². The predicted molar refractivity (Wildman–Crippen MR) is 117 cm³/mol. The summed E-state index contributed by atoms with van der Waals surface area (Å²) in [6, 6.07) is 14.9. The van der Waals surface area contributed by atoms with Gasteiger partial charge in [0.25, 0.3) is 0 Å². The van der Waals surface area contributed by atoms with Crippen LogP contribution in [0.25, 0.3) is 21.8 Å². The molecule has 0 aliphatic rings. The van der Waals surface area contributed by atoms with Crippen LogP contribution in [0.2, 0.25) is 0 Å². The Balaban J connectivity index is 1.57. The number of hydrogen-bond donors (Lipinski definition) is 1. The normalized spacial score (nSPS) is 11.6. The van der Waals surface area contributed by atoms with Crippen molar-refractivity contribution in [2.75, 3.05) is 0 Å². The lowest BCUT2D eigenvalue weighted by atomic mass is 10.1. The zero-order valence-corrected chi connectivity index (χ0v) is 16.9. The summed E-state index contributed by atoms with van der Waals surface area (Å²) < 4.78 is 2.43. The van der Waals surface area contributed by atoms with Gasteiger partial charge in [-0.05, 0) is 12.5 Å². The maximum Gasteiger partial charge on any atom is 0.0702 e. The SMILES string of the molecule is CCCCCCCCCCCCn1c2ccccc2c2cccc(CO)c21. The number of aromatic nitrogens is 1. The largest absolute Gasteiger partial charge is 0.392 e. The number of nitrogens with zero attached hydrogens (tertiary/aromatic N) is 1. The highest BCUT2D eigenvalue weighted by molar-refractivity contribution is 6.09. The number of rotatable bonds is 12. The molecular weight excluding hydrogens is 330 g/mol. The van der Waals surface area contributed by atoms with E-state index in [0.29, 0.717) is 0 Å². The van der Waals surface area contributed by atoms with Gasteiger partial charge >= 0.3 is 0 Å². The standard InChI is InChI=1S/C25H35NO/c1-2-3-4-5-6-7-8-9-10-13-19-26-24-18-12-11-16-22(24)23-17-14-15-21(20-27)25(23)26/h11-12,14-18,27H,2-10,13,19-20H2,1H3. The van der Waals surface area contributed by atoms with E-state index in [1.54, 1.807) is 0 Å². The van der Waals surface area contributed by atoms with Crippen molar-refractivity contribution in [2.45, 2.75) is 84.3 Å². The fourth-order valence-electron chi connectivity index (χ4n) is 4.30. The molecule has 1 aromatic heterocycles. The van der Waals surface area contributed by atoms with Gasteiger partial charge in [0.2, 0.25) is 0 Å². The Morgan fingerprint density at radius 3 is 2.04 bits per heavy atom. The minimum absolute atomic E-state index is 0.103. The number of unbranched alkanes of at least 4 members (excludes halogenated alkanes) is 9. The molecule has 0 spiro atoms. The molecule has 27 heavy (non-hydrogen) atoms. The second-order valence-corrected chi connectivity index (χ2v) is 7.82. The van der Waals surface area contributed by atoms with Crippen LogP contribution in [0.3, 0.4) is 0 Å². The third kappa shape index (κ3) is 4.93. The Labute approximate surface area is 164 Å². The molecule has 1 heterocycles. The molecule has 2 aromatic carbocycles. The van der Waals surface area contributed by atoms with E-state index < -0.39 is 0 Å². The fraction of sp³-hybridized carbons (Fsp3) is 0.520. The molecule has 0 aliphatic carbocycles. The third-order valence-corrected chi connectivity index (χ3v) is 5.78. The predicted octanol–water partition coefficient (Wildman–Crippen LogP) is 7.21. The summed E-state index contributed by atoms with van der Waals surface area (Å²) in [6.45, 7) is 3.42. The van der Waals surface area contributed by atoms with E-state index in [-0.39, 0.29) is 6.61 Å². The molecule has 3 rings (SSSR count). The van der Waals surface area contributed by atoms with Gasteiger partial charge in [-0.3, -0.25) is 0 Å². The number of aliphatic hydroxyl groups excluding tert-OH is 1. The Hall–Kier alpha value is -1.80. The van der Waals surface area contributed by atoms with Crippen molar-refractivity contribution in [1.82, 2.24) is 4.57 Å². The second-order valence-electron chi connectivity index (χ2n) is 7.82. The smallest absolute Gasteiger partial charge is 0.0702 e. The minimum Gasteiger partial charge on any atom is -0.392 e. The Morgan fingerprint density at radius 2 is 1.33 bits per heavy atom. The summed E-state index contributed by atoms with van der Waals surface area (Å²) >= 11 is 0. The molecule has 0 bridgehead atoms. The summed E-state index contributed by atoms with van der Waals surface area (Å²) in [6.07, 6.45) is 13.6. The van der Waals surface area contributed by atoms with Crippen molar-refractivity contribution in [3.8, 4) is 0 Å². The van der Waals surface area contributed by atoms with Gasteiger partial charge in [-0.2, -0.15) is 0 Å². The first-order chi connectivity index (χ1) is 13.4. The highest BCUT2D eigenvalue weighted by atomic mass is 16.3. The maximum absolute atomic E-state index is 9.82. The zero-order valence-electron chi connectivity index (χ0n) is 16.9. The van der Waals surface area contributed by atoms with E-state index in [9.17, 15) is 5.11 Å². The minimum atomic E-state index is 0.103. The number of para-hydroxylation sites is 2. The Bertz CT molecular complexity index is 833. The molecule has 0 radical (unpaired) electrons. The third-order valence-electron chi connectivity index (χ3n) is 5.78. The lowest BCUT2D eigenvalue weighted by Crippen LogP contribution is -2.00. The van der Waals surface area contributed by atoms with Crippen LogP contribution in [0.4, 0.5) is 0 Å². The summed E-state index contributed by atoms with van der Waals surface area (Å²) in [5.41, 5.74) is 3.55. The Morgan fingerprint density at radius 1 is 0.704 bits per heavy atom. The monoisotopic (exact) mass is 365 g/mol. The second kappa shape index (κ2) is 10.5. The molecule has 0 saturated carbocycles. The van der Waals surface area contributed by atoms with Crippen molar-refractivity contribution < 1.29 is 5.11 Å². The van der Waals surface area contributed by atoms with Crippen LogP contribution in [0.5, 0.6) is 0 Å². The van der Waals surface area contributed by atoms with E-state index in [1.165, 1.54) is 86.0 Å². The van der Waals surface area contributed by atoms with Crippen molar-refractivity contribution >= 4 is 21.8 Å². The van der Waals surface area contributed by atoms with Gasteiger partial charge in [0.15, 0.2) is 0 Å². The van der Waals surface area contributed by atoms with Crippen LogP contribution in [0.1, 0.15) is 76.7 Å². The quantitative estimate of drug-likeness (QED) is 0.337. The van der Waals surface area contributed by atoms with Crippen LogP contribution in [-0.2, 0) is 13.2 Å². The van der Waals surface area contributed by atoms with E-state index in [0.717, 1.165) is 12.1 Å². The number of hydrogen-bond acceptors (Lipinski definition) is 1. The molecule has 0 saturated heterocycles. The summed E-state index contributed by atoms with van der Waals surface area (Å²) in [5.74, 6) is 0. The van der Waals surface area contributed by atoms with Gasteiger partial charge < -0.3 is 9.67 Å². The number of aliphatic hydroxyl groups is 1. The van der Waals surface area contributed by atoms with Gasteiger partial charge in [0, 0.05) is 28.4 Å². The highest BCUT2D eigenvalue weighted by Crippen LogP contribution is 2.31. The highest BCUT2D eigenvalue weighted by Gasteiger charge is 2.12. The molecule has 0 atom stereocenters. The number of fused-ring (bicyclic) bond motifs is 3. The first-order valence-electron chi connectivity index (χ1n) is 11.0. The van der Waals surface area contributed by atoms with Crippen LogP contribution in [0.15, 0.2) is 42.5 Å². The van der Waals surface area contributed by atoms with Crippen molar-refractivity contribution in [3.05, 3.63) is 48.0 Å². The lowest BCUT2D eigenvalue weighted by molar-refractivity contribution is 0.283. The average Bonchev–Trinajstić information content (AvgIpc) is 3.03. The van der Waals surface area contributed by atoms with E-state index in [2.05, 4.69) is 54.0 Å². The van der Waals surface area contributed by atoms with Crippen LogP contribution >= 0.6 is 0 Å². The lowest BCUT2D eigenvalue weighted by Gasteiger charge is -2.10. The molecular formula is C25H35NO. The average molecular weight is 366 g/mol. The Kier molecular flexibility index (Phi) is 7.77. The molecule has 2 nitrogen and oxygen atoms in total. The van der Waals surface area contributed by atoms with Crippen LogP contribution in [-0.4, -0.2) is 9.67 Å². The van der Waals surface area contributed by atoms with Crippen molar-refractivity contribution in [1.29, 1.82) is 0 Å². The summed E-state index contributed by atoms with van der Waals surface area (Å²) in [7, 11) is 0. The van der Waals surface area contributed by atoms with Gasteiger partial charge in [-0.1, -0.05) is 101 Å². The molecule has 0 aliphatic heterocycles. The summed E-state index contributed by atoms with van der Waals surface area (Å²) in [4.78, 5) is 0. The van der Waals surface area contributed by atoms with Gasteiger partial charge in [0.1, 0.15) is 0 Å². The van der Waals surface area contributed by atoms with Crippen LogP contribution < -0.4 is 0 Å². The first-order valence-corrected chi connectivity index (χ1v) is 11.0. The van der Waals surface area contributed by atoms with E-state index in [1.807, 2.05) is 0 Å². The van der Waals surface area contributed by atoms with Crippen LogP contribution in [0, 0.1) is 0 Å². The number of aryl methyl sites for hydroxylation is 1. The summed E-state index contributed by atoms with van der Waals surface area (Å²) in [5, 5.41) is 12.4. The van der Waals surface area contributed by atoms with Gasteiger partial charge in [0.05, 0.1) is 12.1 Å². The zero-order chi connectivity index (χ0) is 18.9. The number of benzene rings is 2. The molecule has 1 N–H and O–H groups in total. The van der Waals surface area contributed by atoms with Crippen molar-refractivity contribution in [2.24, 2.45) is 0 Å². The van der Waals surface area contributed by atoms with E-state index in [4.69, 9.17) is 0 Å².